The summed E-state index contributed by atoms with van der Waals surface area (Å²) in [6.45, 7) is 4.65. The van der Waals surface area contributed by atoms with E-state index in [2.05, 4.69) is 25.2 Å². The predicted octanol–water partition coefficient (Wildman–Crippen LogP) is 3.08. The van der Waals surface area contributed by atoms with Gasteiger partial charge in [-0.15, -0.1) is 0 Å². The molecule has 0 amide bonds. The highest BCUT2D eigenvalue weighted by molar-refractivity contribution is 5.09. The fourth-order valence-electron chi connectivity index (χ4n) is 2.86. The van der Waals surface area contributed by atoms with Gasteiger partial charge in [0, 0.05) is 11.7 Å². The Kier molecular flexibility index (Phi) is 2.61. The van der Waals surface area contributed by atoms with Crippen LogP contribution in [0.25, 0.3) is 0 Å². The first-order valence-electron chi connectivity index (χ1n) is 5.77. The Balaban J connectivity index is 2.06. The van der Waals surface area contributed by atoms with E-state index in [9.17, 15) is 0 Å². The molecule has 0 radical (unpaired) electrons. The zero-order valence-corrected chi connectivity index (χ0v) is 8.84. The highest BCUT2D eigenvalue weighted by atomic mass is 15.0. The van der Waals surface area contributed by atoms with Crippen LogP contribution in [0.2, 0.25) is 0 Å². The maximum Gasteiger partial charge on any atom is 0.0314 e. The number of hydrogen-bond acceptors (Lipinski definition) is 1. The minimum atomic E-state index is 0.786. The molecule has 3 atom stereocenters. The molecule has 2 rings (SSSR count). The van der Waals surface area contributed by atoms with Crippen LogP contribution in [0.4, 0.5) is 0 Å². The highest BCUT2D eigenvalue weighted by Gasteiger charge is 2.32. The fourth-order valence-corrected chi connectivity index (χ4v) is 2.86. The molecule has 2 aliphatic rings. The molecule has 1 N–H and O–H groups in total. The molecule has 1 nitrogen and oxygen atoms in total. The summed E-state index contributed by atoms with van der Waals surface area (Å²) in [5.41, 5.74) is 1.48. The van der Waals surface area contributed by atoms with Gasteiger partial charge in [-0.3, -0.25) is 0 Å². The van der Waals surface area contributed by atoms with Crippen molar-refractivity contribution >= 4 is 0 Å². The Morgan fingerprint density at radius 2 is 2.31 bits per heavy atom. The van der Waals surface area contributed by atoms with E-state index >= 15 is 0 Å². The topological polar surface area (TPSA) is 12.0 Å². The van der Waals surface area contributed by atoms with Gasteiger partial charge in [-0.25, -0.2) is 0 Å². The zero-order chi connectivity index (χ0) is 9.26. The maximum atomic E-state index is 3.72. The predicted molar refractivity (Wildman–Crippen MR) is 56.4 cm³/mol. The lowest BCUT2D eigenvalue weighted by atomic mass is 9.74. The molecular formula is C12H21N. The molecule has 1 heterocycles. The average Bonchev–Trinajstić information content (AvgIpc) is 2.18. The maximum absolute atomic E-state index is 3.72. The Hall–Kier alpha value is -0.460. The Bertz CT molecular complexity index is 207. The molecule has 0 spiro atoms. The third-order valence-electron chi connectivity index (χ3n) is 3.76. The minimum Gasteiger partial charge on any atom is -0.385 e. The fraction of sp³-hybridized carbons (Fsp3) is 0.833. The van der Waals surface area contributed by atoms with Gasteiger partial charge in [0.15, 0.2) is 0 Å². The second-order valence-electron chi connectivity index (χ2n) is 4.66. The Morgan fingerprint density at radius 1 is 1.46 bits per heavy atom. The molecule has 1 aliphatic carbocycles. The number of allylic oxidation sites excluding steroid dienone is 2. The van der Waals surface area contributed by atoms with Crippen molar-refractivity contribution in [2.45, 2.75) is 52.0 Å². The summed E-state index contributed by atoms with van der Waals surface area (Å²) in [5.74, 6) is 1.81. The van der Waals surface area contributed by atoms with Gasteiger partial charge < -0.3 is 5.32 Å². The third kappa shape index (κ3) is 1.74. The van der Waals surface area contributed by atoms with Crippen LogP contribution in [0.1, 0.15) is 46.0 Å². The van der Waals surface area contributed by atoms with E-state index < -0.39 is 0 Å². The van der Waals surface area contributed by atoms with Crippen LogP contribution in [-0.4, -0.2) is 6.04 Å². The molecule has 13 heavy (non-hydrogen) atoms. The van der Waals surface area contributed by atoms with E-state index in [-0.39, 0.29) is 0 Å². The van der Waals surface area contributed by atoms with Crippen molar-refractivity contribution in [1.29, 1.82) is 0 Å². The monoisotopic (exact) mass is 179 g/mol. The van der Waals surface area contributed by atoms with Gasteiger partial charge in [-0.1, -0.05) is 26.3 Å². The van der Waals surface area contributed by atoms with Crippen LogP contribution < -0.4 is 5.32 Å². The van der Waals surface area contributed by atoms with Crippen LogP contribution >= 0.6 is 0 Å². The van der Waals surface area contributed by atoms with Gasteiger partial charge in [0.2, 0.25) is 0 Å². The van der Waals surface area contributed by atoms with E-state index in [4.69, 9.17) is 0 Å². The lowest BCUT2D eigenvalue weighted by Crippen LogP contribution is -2.45. The highest BCUT2D eigenvalue weighted by Crippen LogP contribution is 2.34. The largest absolute Gasteiger partial charge is 0.385 e. The SMILES string of the molecule is CCC1=CCC2CCC[C@H](C)C2N1. The molecule has 0 saturated heterocycles. The van der Waals surface area contributed by atoms with Crippen LogP contribution in [0.15, 0.2) is 11.8 Å². The smallest absolute Gasteiger partial charge is 0.0314 e. The first-order chi connectivity index (χ1) is 6.31. The number of nitrogens with one attached hydrogen (secondary N) is 1. The number of rotatable bonds is 1. The summed E-state index contributed by atoms with van der Waals surface area (Å²) in [7, 11) is 0. The van der Waals surface area contributed by atoms with E-state index in [0.717, 1.165) is 17.9 Å². The molecule has 0 bridgehead atoms. The van der Waals surface area contributed by atoms with Crippen LogP contribution in [0.3, 0.4) is 0 Å². The molecule has 1 fully saturated rings. The van der Waals surface area contributed by atoms with Crippen molar-refractivity contribution in [3.8, 4) is 0 Å². The lowest BCUT2D eigenvalue weighted by molar-refractivity contribution is 0.196. The van der Waals surface area contributed by atoms with Gasteiger partial charge in [-0.2, -0.15) is 0 Å². The molecule has 0 aromatic heterocycles. The average molecular weight is 179 g/mol. The molecular weight excluding hydrogens is 158 g/mol. The lowest BCUT2D eigenvalue weighted by Gasteiger charge is -2.40. The molecule has 0 aromatic rings. The zero-order valence-electron chi connectivity index (χ0n) is 8.84. The second kappa shape index (κ2) is 3.73. The van der Waals surface area contributed by atoms with Gasteiger partial charge in [0.25, 0.3) is 0 Å². The van der Waals surface area contributed by atoms with Crippen LogP contribution in [0.5, 0.6) is 0 Å². The summed E-state index contributed by atoms with van der Waals surface area (Å²) < 4.78 is 0. The number of fused-ring (bicyclic) bond motifs is 1. The van der Waals surface area contributed by atoms with E-state index in [1.807, 2.05) is 0 Å². The van der Waals surface area contributed by atoms with Gasteiger partial charge >= 0.3 is 0 Å². The minimum absolute atomic E-state index is 0.786. The van der Waals surface area contributed by atoms with Crippen LogP contribution in [-0.2, 0) is 0 Å². The van der Waals surface area contributed by atoms with Crippen molar-refractivity contribution in [2.75, 3.05) is 0 Å². The molecule has 1 heteroatoms. The molecule has 2 unspecified atom stereocenters. The van der Waals surface area contributed by atoms with Gasteiger partial charge in [0.1, 0.15) is 0 Å². The molecule has 0 aromatic carbocycles. The Morgan fingerprint density at radius 3 is 3.08 bits per heavy atom. The van der Waals surface area contributed by atoms with Crippen molar-refractivity contribution in [3.05, 3.63) is 11.8 Å². The number of hydrogen-bond donors (Lipinski definition) is 1. The van der Waals surface area contributed by atoms with E-state index in [1.54, 1.807) is 0 Å². The summed E-state index contributed by atoms with van der Waals surface area (Å²) in [5, 5.41) is 3.72. The Labute approximate surface area is 81.6 Å². The normalized spacial score (nSPS) is 38.9. The van der Waals surface area contributed by atoms with Crippen molar-refractivity contribution in [1.82, 2.24) is 5.32 Å². The van der Waals surface area contributed by atoms with Crippen LogP contribution in [0, 0.1) is 11.8 Å². The summed E-state index contributed by atoms with van der Waals surface area (Å²) in [4.78, 5) is 0. The standard InChI is InChI=1S/C12H21N/c1-3-11-8-7-10-6-4-5-9(2)12(10)13-11/h8-10,12-13H,3-7H2,1-2H3/t9-,10?,12?/m0/s1. The van der Waals surface area contributed by atoms with E-state index in [0.29, 0.717) is 0 Å². The quantitative estimate of drug-likeness (QED) is 0.652. The first kappa shape index (κ1) is 9.11. The summed E-state index contributed by atoms with van der Waals surface area (Å²) in [6.07, 6.45) is 9.22. The second-order valence-corrected chi connectivity index (χ2v) is 4.66. The van der Waals surface area contributed by atoms with Crippen molar-refractivity contribution in [2.24, 2.45) is 11.8 Å². The van der Waals surface area contributed by atoms with Gasteiger partial charge in [-0.05, 0) is 37.5 Å². The van der Waals surface area contributed by atoms with Crippen molar-refractivity contribution < 1.29 is 0 Å². The molecule has 1 saturated carbocycles. The van der Waals surface area contributed by atoms with Crippen molar-refractivity contribution in [3.63, 3.8) is 0 Å². The third-order valence-corrected chi connectivity index (χ3v) is 3.76. The first-order valence-corrected chi connectivity index (χ1v) is 5.77. The van der Waals surface area contributed by atoms with Gasteiger partial charge in [0.05, 0.1) is 0 Å². The summed E-state index contributed by atoms with van der Waals surface area (Å²) in [6, 6.07) is 0.786. The molecule has 74 valence electrons. The molecule has 1 aliphatic heterocycles. The van der Waals surface area contributed by atoms with E-state index in [1.165, 1.54) is 37.8 Å². The summed E-state index contributed by atoms with van der Waals surface area (Å²) >= 11 is 0.